The number of hydrogen-bond donors (Lipinski definition) is 1. The van der Waals surface area contributed by atoms with Crippen molar-refractivity contribution in [3.8, 4) is 0 Å². The molecule has 2 amide bonds. The van der Waals surface area contributed by atoms with Crippen LogP contribution in [0.4, 0.5) is 4.39 Å². The molecule has 0 bridgehead atoms. The van der Waals surface area contributed by atoms with Crippen molar-refractivity contribution in [3.05, 3.63) is 35.6 Å². The van der Waals surface area contributed by atoms with E-state index in [0.717, 1.165) is 38.0 Å². The zero-order valence-corrected chi connectivity index (χ0v) is 13.8. The van der Waals surface area contributed by atoms with E-state index < -0.39 is 0 Å². The molecule has 1 aromatic carbocycles. The lowest BCUT2D eigenvalue weighted by atomic mass is 10.1. The second-order valence-electron chi connectivity index (χ2n) is 6.55. The van der Waals surface area contributed by atoms with Crippen LogP contribution >= 0.6 is 0 Å². The largest absolute Gasteiger partial charge is 0.356 e. The standard InChI is InChI=1S/C18H24FN3O2/c19-15-3-1-2-14(12-15)13-18(24)22-10-8-21(9-11-22)16-4-5-17(23)20-7-6-16/h1-3,12,16H,4-11,13H2,(H,20,23). The lowest BCUT2D eigenvalue weighted by Crippen LogP contribution is -2.52. The van der Waals surface area contributed by atoms with Crippen LogP contribution in [0.5, 0.6) is 0 Å². The molecule has 5 nitrogen and oxygen atoms in total. The van der Waals surface area contributed by atoms with Gasteiger partial charge in [-0.25, -0.2) is 4.39 Å². The molecule has 1 N–H and O–H groups in total. The Balaban J connectivity index is 1.49. The average Bonchev–Trinajstić information content (AvgIpc) is 2.80. The summed E-state index contributed by atoms with van der Waals surface area (Å²) in [4.78, 5) is 28.1. The van der Waals surface area contributed by atoms with E-state index in [1.54, 1.807) is 12.1 Å². The second-order valence-corrected chi connectivity index (χ2v) is 6.55. The zero-order valence-electron chi connectivity index (χ0n) is 13.8. The molecule has 0 aromatic heterocycles. The Morgan fingerprint density at radius 3 is 2.75 bits per heavy atom. The minimum Gasteiger partial charge on any atom is -0.356 e. The molecule has 1 atom stereocenters. The number of benzene rings is 1. The van der Waals surface area contributed by atoms with Crippen molar-refractivity contribution in [3.63, 3.8) is 0 Å². The van der Waals surface area contributed by atoms with E-state index in [1.807, 2.05) is 4.90 Å². The first-order chi connectivity index (χ1) is 11.6. The van der Waals surface area contributed by atoms with Crippen LogP contribution < -0.4 is 5.32 Å². The number of piperazine rings is 1. The monoisotopic (exact) mass is 333 g/mol. The summed E-state index contributed by atoms with van der Waals surface area (Å²) in [5.74, 6) is -0.110. The van der Waals surface area contributed by atoms with Gasteiger partial charge in [-0.2, -0.15) is 0 Å². The fourth-order valence-electron chi connectivity index (χ4n) is 3.54. The molecular formula is C18H24FN3O2. The summed E-state index contributed by atoms with van der Waals surface area (Å²) in [6, 6.07) is 6.65. The first kappa shape index (κ1) is 16.9. The average molecular weight is 333 g/mol. The number of carbonyl (C=O) groups excluding carboxylic acids is 2. The quantitative estimate of drug-likeness (QED) is 0.904. The maximum Gasteiger partial charge on any atom is 0.227 e. The number of nitrogens with zero attached hydrogens (tertiary/aromatic N) is 2. The van der Waals surface area contributed by atoms with E-state index in [2.05, 4.69) is 10.2 Å². The van der Waals surface area contributed by atoms with Crippen LogP contribution in [0.25, 0.3) is 0 Å². The first-order valence-electron chi connectivity index (χ1n) is 8.65. The number of halogens is 1. The van der Waals surface area contributed by atoms with Crippen LogP contribution in [0.2, 0.25) is 0 Å². The first-order valence-corrected chi connectivity index (χ1v) is 8.65. The molecule has 2 saturated heterocycles. The normalized spacial score (nSPS) is 22.8. The summed E-state index contributed by atoms with van der Waals surface area (Å²) < 4.78 is 13.2. The van der Waals surface area contributed by atoms with Crippen LogP contribution in [0.15, 0.2) is 24.3 Å². The third-order valence-corrected chi connectivity index (χ3v) is 4.93. The highest BCUT2D eigenvalue weighted by Crippen LogP contribution is 2.17. The molecule has 3 rings (SSSR count). The molecule has 0 radical (unpaired) electrons. The number of carbonyl (C=O) groups is 2. The molecule has 1 aromatic rings. The molecule has 0 saturated carbocycles. The predicted molar refractivity (Wildman–Crippen MR) is 88.9 cm³/mol. The van der Waals surface area contributed by atoms with Gasteiger partial charge in [0.15, 0.2) is 0 Å². The van der Waals surface area contributed by atoms with Crippen molar-refractivity contribution >= 4 is 11.8 Å². The van der Waals surface area contributed by atoms with Crippen molar-refractivity contribution in [2.24, 2.45) is 0 Å². The number of hydrogen-bond acceptors (Lipinski definition) is 3. The summed E-state index contributed by atoms with van der Waals surface area (Å²) in [7, 11) is 0. The van der Waals surface area contributed by atoms with E-state index >= 15 is 0 Å². The number of nitrogens with one attached hydrogen (secondary N) is 1. The molecule has 2 heterocycles. The van der Waals surface area contributed by atoms with E-state index in [-0.39, 0.29) is 24.1 Å². The van der Waals surface area contributed by atoms with Crippen LogP contribution in [-0.2, 0) is 16.0 Å². The van der Waals surface area contributed by atoms with Crippen molar-refractivity contribution in [1.29, 1.82) is 0 Å². The van der Waals surface area contributed by atoms with Gasteiger partial charge in [0.1, 0.15) is 5.82 Å². The predicted octanol–water partition coefficient (Wildman–Crippen LogP) is 1.18. The van der Waals surface area contributed by atoms with E-state index in [4.69, 9.17) is 0 Å². The van der Waals surface area contributed by atoms with Crippen molar-refractivity contribution < 1.29 is 14.0 Å². The summed E-state index contributed by atoms with van der Waals surface area (Å²) in [6.07, 6.45) is 2.70. The van der Waals surface area contributed by atoms with Crippen molar-refractivity contribution in [2.75, 3.05) is 32.7 Å². The molecule has 0 spiro atoms. The van der Waals surface area contributed by atoms with Crippen molar-refractivity contribution in [1.82, 2.24) is 15.1 Å². The minimum atomic E-state index is -0.304. The SMILES string of the molecule is O=C1CCC(N2CCN(C(=O)Cc3cccc(F)c3)CC2)CCN1. The highest BCUT2D eigenvalue weighted by Gasteiger charge is 2.27. The van der Waals surface area contributed by atoms with E-state index in [9.17, 15) is 14.0 Å². The lowest BCUT2D eigenvalue weighted by Gasteiger charge is -2.39. The van der Waals surface area contributed by atoms with Gasteiger partial charge in [-0.3, -0.25) is 14.5 Å². The van der Waals surface area contributed by atoms with Crippen molar-refractivity contribution in [2.45, 2.75) is 31.7 Å². The Hall–Kier alpha value is -1.95. The highest BCUT2D eigenvalue weighted by molar-refractivity contribution is 5.79. The van der Waals surface area contributed by atoms with E-state index in [0.29, 0.717) is 25.6 Å². The molecule has 6 heteroatoms. The molecule has 0 aliphatic carbocycles. The van der Waals surface area contributed by atoms with Gasteiger partial charge in [-0.1, -0.05) is 12.1 Å². The van der Waals surface area contributed by atoms with Crippen LogP contribution in [0, 0.1) is 5.82 Å². The maximum absolute atomic E-state index is 13.2. The van der Waals surface area contributed by atoms with Gasteiger partial charge in [0.05, 0.1) is 6.42 Å². The lowest BCUT2D eigenvalue weighted by molar-refractivity contribution is -0.132. The molecule has 130 valence electrons. The van der Waals surface area contributed by atoms with Gasteiger partial charge in [0, 0.05) is 45.2 Å². The van der Waals surface area contributed by atoms with Crippen LogP contribution in [-0.4, -0.2) is 60.4 Å². The van der Waals surface area contributed by atoms with Crippen LogP contribution in [0.3, 0.4) is 0 Å². The molecule has 2 aliphatic rings. The Bertz CT molecular complexity index is 600. The van der Waals surface area contributed by atoms with Gasteiger partial charge in [0.25, 0.3) is 0 Å². The topological polar surface area (TPSA) is 52.7 Å². The second kappa shape index (κ2) is 7.75. The van der Waals surface area contributed by atoms with Gasteiger partial charge in [0.2, 0.25) is 11.8 Å². The van der Waals surface area contributed by atoms with Gasteiger partial charge >= 0.3 is 0 Å². The molecule has 1 unspecified atom stereocenters. The Labute approximate surface area is 141 Å². The van der Waals surface area contributed by atoms with Gasteiger partial charge in [-0.15, -0.1) is 0 Å². The Kier molecular flexibility index (Phi) is 5.45. The van der Waals surface area contributed by atoms with E-state index in [1.165, 1.54) is 12.1 Å². The summed E-state index contributed by atoms with van der Waals surface area (Å²) in [5, 5.41) is 2.91. The van der Waals surface area contributed by atoms with Gasteiger partial charge < -0.3 is 10.2 Å². The highest BCUT2D eigenvalue weighted by atomic mass is 19.1. The molecule has 2 fully saturated rings. The molecular weight excluding hydrogens is 309 g/mol. The smallest absolute Gasteiger partial charge is 0.227 e. The van der Waals surface area contributed by atoms with Crippen LogP contribution in [0.1, 0.15) is 24.8 Å². The zero-order chi connectivity index (χ0) is 16.9. The fraction of sp³-hybridized carbons (Fsp3) is 0.556. The summed E-state index contributed by atoms with van der Waals surface area (Å²) in [5.41, 5.74) is 0.718. The third kappa shape index (κ3) is 4.32. The Morgan fingerprint density at radius 1 is 1.21 bits per heavy atom. The fourth-order valence-corrected chi connectivity index (χ4v) is 3.54. The number of rotatable bonds is 3. The summed E-state index contributed by atoms with van der Waals surface area (Å²) in [6.45, 7) is 3.82. The molecule has 24 heavy (non-hydrogen) atoms. The molecule has 2 aliphatic heterocycles. The number of amides is 2. The summed E-state index contributed by atoms with van der Waals surface area (Å²) >= 11 is 0. The van der Waals surface area contributed by atoms with Gasteiger partial charge in [-0.05, 0) is 30.5 Å². The Morgan fingerprint density at radius 2 is 2.00 bits per heavy atom. The third-order valence-electron chi connectivity index (χ3n) is 4.93. The minimum absolute atomic E-state index is 0.0537. The maximum atomic E-state index is 13.2.